The fourth-order valence-electron chi connectivity index (χ4n) is 1.68. The van der Waals surface area contributed by atoms with Crippen LogP contribution in [0.1, 0.15) is 5.56 Å². The van der Waals surface area contributed by atoms with Crippen LogP contribution in [0.25, 0.3) is 0 Å². The minimum Gasteiger partial charge on any atom is -0.494 e. The molecule has 0 amide bonds. The molecule has 3 nitrogen and oxygen atoms in total. The molecule has 3 N–H and O–H groups in total. The third kappa shape index (κ3) is 3.18. The molecule has 6 heteroatoms. The number of ether oxygens (including phenoxy) is 1. The van der Waals surface area contributed by atoms with Crippen LogP contribution in [0.4, 0.5) is 15.8 Å². The zero-order chi connectivity index (χ0) is 14.7. The molecular weight excluding hydrogens is 299 g/mol. The molecule has 0 atom stereocenters. The second-order valence-corrected chi connectivity index (χ2v) is 4.88. The summed E-state index contributed by atoms with van der Waals surface area (Å²) in [7, 11) is 1.47. The van der Waals surface area contributed by atoms with Gasteiger partial charge in [0.1, 0.15) is 16.6 Å². The maximum absolute atomic E-state index is 13.1. The summed E-state index contributed by atoms with van der Waals surface area (Å²) in [6.07, 6.45) is 0. The van der Waals surface area contributed by atoms with Crippen molar-refractivity contribution in [3.05, 3.63) is 52.8 Å². The van der Waals surface area contributed by atoms with Crippen molar-refractivity contribution in [3.8, 4) is 5.75 Å². The molecule has 104 valence electrons. The number of anilines is 2. The van der Waals surface area contributed by atoms with Gasteiger partial charge >= 0.3 is 0 Å². The average Bonchev–Trinajstić information content (AvgIpc) is 2.42. The predicted octanol–water partition coefficient (Wildman–Crippen LogP) is 3.87. The van der Waals surface area contributed by atoms with Gasteiger partial charge in [-0.2, -0.15) is 0 Å². The second kappa shape index (κ2) is 6.07. The minimum atomic E-state index is -0.373. The molecule has 2 rings (SSSR count). The zero-order valence-corrected chi connectivity index (χ0v) is 12.2. The van der Waals surface area contributed by atoms with E-state index < -0.39 is 0 Å². The van der Waals surface area contributed by atoms with Gasteiger partial charge in [-0.25, -0.2) is 4.39 Å². The first-order valence-electron chi connectivity index (χ1n) is 5.71. The van der Waals surface area contributed by atoms with Crippen molar-refractivity contribution < 1.29 is 9.13 Å². The SMILES string of the molecule is COc1cc(F)ccc1Nc1ccc(C(N)=S)cc1Cl. The number of nitrogens with one attached hydrogen (secondary N) is 1. The summed E-state index contributed by atoms with van der Waals surface area (Å²) >= 11 is 11.0. The molecule has 2 aromatic rings. The number of rotatable bonds is 4. The van der Waals surface area contributed by atoms with Gasteiger partial charge in [0.2, 0.25) is 0 Å². The van der Waals surface area contributed by atoms with E-state index in [2.05, 4.69) is 5.32 Å². The Morgan fingerprint density at radius 1 is 1.25 bits per heavy atom. The largest absolute Gasteiger partial charge is 0.494 e. The highest BCUT2D eigenvalue weighted by atomic mass is 35.5. The minimum absolute atomic E-state index is 0.276. The second-order valence-electron chi connectivity index (χ2n) is 4.03. The van der Waals surface area contributed by atoms with Crippen molar-refractivity contribution in [2.75, 3.05) is 12.4 Å². The molecule has 0 radical (unpaired) electrons. The van der Waals surface area contributed by atoms with E-state index in [4.69, 9.17) is 34.3 Å². The van der Waals surface area contributed by atoms with Crippen LogP contribution in [0.2, 0.25) is 5.02 Å². The quantitative estimate of drug-likeness (QED) is 0.842. The summed E-state index contributed by atoms with van der Waals surface area (Å²) in [6.45, 7) is 0. The molecule has 0 saturated carbocycles. The van der Waals surface area contributed by atoms with Gasteiger partial charge in [0.05, 0.1) is 23.5 Å². The zero-order valence-electron chi connectivity index (χ0n) is 10.6. The third-order valence-electron chi connectivity index (χ3n) is 2.69. The number of methoxy groups -OCH3 is 1. The molecule has 0 spiro atoms. The van der Waals surface area contributed by atoms with Gasteiger partial charge in [0.25, 0.3) is 0 Å². The van der Waals surface area contributed by atoms with Crippen molar-refractivity contribution >= 4 is 40.2 Å². The highest BCUT2D eigenvalue weighted by molar-refractivity contribution is 7.80. The van der Waals surface area contributed by atoms with Gasteiger partial charge in [-0.15, -0.1) is 0 Å². The van der Waals surface area contributed by atoms with E-state index in [1.807, 2.05) is 0 Å². The summed E-state index contributed by atoms with van der Waals surface area (Å²) in [6, 6.07) is 9.38. The van der Waals surface area contributed by atoms with Crippen molar-refractivity contribution in [2.45, 2.75) is 0 Å². The Morgan fingerprint density at radius 2 is 1.95 bits per heavy atom. The lowest BCUT2D eigenvalue weighted by molar-refractivity contribution is 0.413. The van der Waals surface area contributed by atoms with Crippen LogP contribution >= 0.6 is 23.8 Å². The molecule has 0 saturated heterocycles. The Labute approximate surface area is 126 Å². The van der Waals surface area contributed by atoms with Crippen LogP contribution in [-0.2, 0) is 0 Å². The van der Waals surface area contributed by atoms with Crippen molar-refractivity contribution in [3.63, 3.8) is 0 Å². The Hall–Kier alpha value is -1.85. The van der Waals surface area contributed by atoms with Gasteiger partial charge in [-0.05, 0) is 30.3 Å². The smallest absolute Gasteiger partial charge is 0.145 e. The normalized spacial score (nSPS) is 10.2. The maximum Gasteiger partial charge on any atom is 0.145 e. The van der Waals surface area contributed by atoms with E-state index in [1.165, 1.54) is 19.2 Å². The molecule has 2 aromatic carbocycles. The van der Waals surface area contributed by atoms with Gasteiger partial charge in [-0.1, -0.05) is 23.8 Å². The van der Waals surface area contributed by atoms with E-state index in [0.29, 0.717) is 27.7 Å². The summed E-state index contributed by atoms with van der Waals surface area (Å²) < 4.78 is 18.2. The maximum atomic E-state index is 13.1. The molecule has 0 heterocycles. The van der Waals surface area contributed by atoms with Gasteiger partial charge in [0.15, 0.2) is 0 Å². The van der Waals surface area contributed by atoms with E-state index in [-0.39, 0.29) is 10.8 Å². The lowest BCUT2D eigenvalue weighted by Gasteiger charge is -2.13. The summed E-state index contributed by atoms with van der Waals surface area (Å²) in [5.41, 5.74) is 7.48. The van der Waals surface area contributed by atoms with Crippen molar-refractivity contribution in [1.29, 1.82) is 0 Å². The summed E-state index contributed by atoms with van der Waals surface area (Å²) in [5.74, 6) is 0.0156. The van der Waals surface area contributed by atoms with Gasteiger partial charge in [0, 0.05) is 11.6 Å². The standard InChI is InChI=1S/C14H12ClFN2OS/c1-19-13-7-9(16)3-5-12(13)18-11-4-2-8(14(17)20)6-10(11)15/h2-7,18H,1H3,(H2,17,20). The van der Waals surface area contributed by atoms with Crippen molar-refractivity contribution in [2.24, 2.45) is 5.73 Å². The molecule has 0 aliphatic carbocycles. The van der Waals surface area contributed by atoms with Crippen LogP contribution in [0.15, 0.2) is 36.4 Å². The number of hydrogen-bond donors (Lipinski definition) is 2. The Balaban J connectivity index is 2.33. The summed E-state index contributed by atoms with van der Waals surface area (Å²) in [5, 5.41) is 3.54. The molecule has 0 aromatic heterocycles. The van der Waals surface area contributed by atoms with Crippen molar-refractivity contribution in [1.82, 2.24) is 0 Å². The number of thiocarbonyl (C=S) groups is 1. The highest BCUT2D eigenvalue weighted by Crippen LogP contribution is 2.32. The van der Waals surface area contributed by atoms with E-state index in [1.54, 1.807) is 24.3 Å². The topological polar surface area (TPSA) is 47.3 Å². The van der Waals surface area contributed by atoms with E-state index in [9.17, 15) is 4.39 Å². The number of halogens is 2. The van der Waals surface area contributed by atoms with Crippen LogP contribution in [0.5, 0.6) is 5.75 Å². The first kappa shape index (κ1) is 14.6. The van der Waals surface area contributed by atoms with E-state index in [0.717, 1.165) is 0 Å². The fraction of sp³-hybridized carbons (Fsp3) is 0.0714. The fourth-order valence-corrected chi connectivity index (χ4v) is 2.04. The summed E-state index contributed by atoms with van der Waals surface area (Å²) in [4.78, 5) is 0.276. The molecule has 0 fully saturated rings. The Kier molecular flexibility index (Phi) is 4.42. The average molecular weight is 311 g/mol. The Bertz CT molecular complexity index is 664. The molecule has 0 aliphatic rings. The Morgan fingerprint density at radius 3 is 2.55 bits per heavy atom. The van der Waals surface area contributed by atoms with Crippen LogP contribution in [0, 0.1) is 5.82 Å². The van der Waals surface area contributed by atoms with Gasteiger partial charge in [-0.3, -0.25) is 0 Å². The molecular formula is C14H12ClFN2OS. The monoisotopic (exact) mass is 310 g/mol. The number of hydrogen-bond acceptors (Lipinski definition) is 3. The predicted molar refractivity (Wildman–Crippen MR) is 83.6 cm³/mol. The first-order valence-corrected chi connectivity index (χ1v) is 6.50. The third-order valence-corrected chi connectivity index (χ3v) is 3.23. The highest BCUT2D eigenvalue weighted by Gasteiger charge is 2.08. The molecule has 20 heavy (non-hydrogen) atoms. The number of benzene rings is 2. The van der Waals surface area contributed by atoms with Crippen LogP contribution in [-0.4, -0.2) is 12.1 Å². The van der Waals surface area contributed by atoms with Crippen LogP contribution < -0.4 is 15.8 Å². The molecule has 0 unspecified atom stereocenters. The molecule has 0 aliphatic heterocycles. The molecule has 0 bridgehead atoms. The lowest BCUT2D eigenvalue weighted by Crippen LogP contribution is -2.09. The van der Waals surface area contributed by atoms with Gasteiger partial charge < -0.3 is 15.8 Å². The van der Waals surface area contributed by atoms with E-state index >= 15 is 0 Å². The lowest BCUT2D eigenvalue weighted by atomic mass is 10.2. The first-order chi connectivity index (χ1) is 9.51. The van der Waals surface area contributed by atoms with Crippen LogP contribution in [0.3, 0.4) is 0 Å². The number of nitrogens with two attached hydrogens (primary N) is 1.